The second-order valence-electron chi connectivity index (χ2n) is 26.9. The van der Waals surface area contributed by atoms with E-state index < -0.39 is 0 Å². The lowest BCUT2D eigenvalue weighted by atomic mass is 9.75. The van der Waals surface area contributed by atoms with Gasteiger partial charge in [-0.2, -0.15) is 0 Å². The molecule has 0 amide bonds. The van der Waals surface area contributed by atoms with Crippen molar-refractivity contribution in [1.29, 1.82) is 0 Å². The van der Waals surface area contributed by atoms with E-state index in [0.717, 1.165) is 182 Å². The van der Waals surface area contributed by atoms with Gasteiger partial charge in [0.25, 0.3) is 5.69 Å². The number of nitrogens with zero attached hydrogens (tertiary/aromatic N) is 6. The summed E-state index contributed by atoms with van der Waals surface area (Å²) in [5, 5.41) is 26.4. The lowest BCUT2D eigenvalue weighted by molar-refractivity contribution is -0.383. The fraction of sp³-hybridized carbons (Fsp3) is 0. The standard InChI is InChI=1S/C96H60N6O2/c103-102(104)96-94(74-49-29-59-84-89(74)69-44-19-24-54-79(69)100(84)64-37-12-4-13-38-64)92(72-47-27-57-82-87(72)67-42-17-22-52-77(67)98(82)62-33-8-2-9-34-62)91(71-46-26-56-81-86(71)66-41-16-21-51-76(66)97(81)61-31-6-1-7-32-61)93(73-48-28-58-83-88(73)68-43-18-23-53-78(68)99(83)63-35-10-3-11-36-63)95(96)75-50-30-60-85-90(75)70-45-20-25-55-80(70)101(85)65-39-14-5-15-40-65/h1-60H. The van der Waals surface area contributed by atoms with Crippen LogP contribution in [0.5, 0.6) is 0 Å². The van der Waals surface area contributed by atoms with E-state index in [1.165, 1.54) is 0 Å². The molecule has 21 aromatic rings. The molecule has 104 heavy (non-hydrogen) atoms. The Bertz CT molecular complexity index is 6760. The lowest BCUT2D eigenvalue weighted by Crippen LogP contribution is -2.05. The quantitative estimate of drug-likeness (QED) is 0.0956. The third-order valence-corrected chi connectivity index (χ3v) is 21.6. The fourth-order valence-corrected chi connectivity index (χ4v) is 17.7. The van der Waals surface area contributed by atoms with Gasteiger partial charge in [0.1, 0.15) is 0 Å². The minimum Gasteiger partial charge on any atom is -0.309 e. The highest BCUT2D eigenvalue weighted by Crippen LogP contribution is 2.62. The molecule has 16 aromatic carbocycles. The summed E-state index contributed by atoms with van der Waals surface area (Å²) in [4.78, 5) is 16.7. The maximum absolute atomic E-state index is 16.7. The second-order valence-corrected chi connectivity index (χ2v) is 26.9. The van der Waals surface area contributed by atoms with Gasteiger partial charge in [0.15, 0.2) is 0 Å². The molecule has 8 nitrogen and oxygen atoms in total. The van der Waals surface area contributed by atoms with E-state index in [1.54, 1.807) is 0 Å². The minimum absolute atomic E-state index is 0.0154. The van der Waals surface area contributed by atoms with Gasteiger partial charge < -0.3 is 22.8 Å². The van der Waals surface area contributed by atoms with Crippen LogP contribution in [0.25, 0.3) is 193 Å². The summed E-state index contributed by atoms with van der Waals surface area (Å²) in [5.41, 5.74) is 22.1. The summed E-state index contributed by atoms with van der Waals surface area (Å²) in [6.07, 6.45) is 0. The van der Waals surface area contributed by atoms with Crippen LogP contribution in [0.3, 0.4) is 0 Å². The van der Waals surface area contributed by atoms with Crippen LogP contribution in [0.4, 0.5) is 5.69 Å². The maximum Gasteiger partial charge on any atom is 0.286 e. The van der Waals surface area contributed by atoms with E-state index in [4.69, 9.17) is 0 Å². The van der Waals surface area contributed by atoms with Crippen LogP contribution in [0.1, 0.15) is 0 Å². The summed E-state index contributed by atoms with van der Waals surface area (Å²) in [6.45, 7) is 0. The zero-order chi connectivity index (χ0) is 68.7. The average Bonchev–Trinajstić information content (AvgIpc) is 1.26. The Morgan fingerprint density at radius 1 is 0.183 bits per heavy atom. The van der Waals surface area contributed by atoms with E-state index in [2.05, 4.69) is 375 Å². The van der Waals surface area contributed by atoms with Gasteiger partial charge in [0.05, 0.1) is 71.2 Å². The predicted molar refractivity (Wildman–Crippen MR) is 432 cm³/mol. The molecule has 0 atom stereocenters. The van der Waals surface area contributed by atoms with Crippen molar-refractivity contribution in [2.24, 2.45) is 0 Å². The van der Waals surface area contributed by atoms with Crippen molar-refractivity contribution in [1.82, 2.24) is 22.8 Å². The molecule has 8 heteroatoms. The predicted octanol–water partition coefficient (Wildman–Crippen LogP) is 25.4. The van der Waals surface area contributed by atoms with Crippen molar-refractivity contribution >= 4 is 115 Å². The monoisotopic (exact) mass is 1330 g/mol. The fourth-order valence-electron chi connectivity index (χ4n) is 17.7. The van der Waals surface area contributed by atoms with Crippen molar-refractivity contribution < 1.29 is 4.92 Å². The van der Waals surface area contributed by atoms with Gasteiger partial charge in [-0.15, -0.1) is 0 Å². The maximum atomic E-state index is 16.7. The average molecular weight is 1330 g/mol. The smallest absolute Gasteiger partial charge is 0.286 e. The summed E-state index contributed by atoms with van der Waals surface area (Å²) in [5.74, 6) is 0. The zero-order valence-electron chi connectivity index (χ0n) is 56.1. The first-order valence-corrected chi connectivity index (χ1v) is 35.4. The summed E-state index contributed by atoms with van der Waals surface area (Å²) in [7, 11) is 0. The molecule has 0 aliphatic carbocycles. The topological polar surface area (TPSA) is 67.8 Å². The Morgan fingerprint density at radius 3 is 0.567 bits per heavy atom. The number of fused-ring (bicyclic) bond motifs is 15. The molecule has 0 aliphatic heterocycles. The third-order valence-electron chi connectivity index (χ3n) is 21.6. The van der Waals surface area contributed by atoms with Crippen LogP contribution < -0.4 is 0 Å². The van der Waals surface area contributed by atoms with Crippen LogP contribution in [0, 0.1) is 10.1 Å². The van der Waals surface area contributed by atoms with E-state index in [0.29, 0.717) is 11.1 Å². The van der Waals surface area contributed by atoms with Crippen molar-refractivity contribution in [2.45, 2.75) is 0 Å². The molecule has 0 unspecified atom stereocenters. The molecule has 0 aliphatic rings. The molecule has 0 saturated heterocycles. The first-order valence-electron chi connectivity index (χ1n) is 35.4. The number of para-hydroxylation sites is 10. The van der Waals surface area contributed by atoms with Gasteiger partial charge in [0.2, 0.25) is 0 Å². The highest BCUT2D eigenvalue weighted by molar-refractivity contribution is 6.31. The number of hydrogen-bond acceptors (Lipinski definition) is 2. The van der Waals surface area contributed by atoms with Gasteiger partial charge in [-0.05, 0) is 155 Å². The molecule has 5 aromatic heterocycles. The third kappa shape index (κ3) is 8.54. The molecule has 0 saturated carbocycles. The van der Waals surface area contributed by atoms with E-state index in [-0.39, 0.29) is 10.6 Å². The first kappa shape index (κ1) is 58.8. The van der Waals surface area contributed by atoms with Crippen molar-refractivity contribution in [2.75, 3.05) is 0 Å². The van der Waals surface area contributed by atoms with Crippen LogP contribution in [0.2, 0.25) is 0 Å². The second kappa shape index (κ2) is 23.3. The lowest BCUT2D eigenvalue weighted by Gasteiger charge is -2.27. The number of rotatable bonds is 11. The van der Waals surface area contributed by atoms with Gasteiger partial charge in [0, 0.05) is 93.4 Å². The Kier molecular flexibility index (Phi) is 13.2. The van der Waals surface area contributed by atoms with Crippen molar-refractivity contribution in [3.05, 3.63) is 374 Å². The summed E-state index contributed by atoms with van der Waals surface area (Å²) in [6, 6.07) is 129. The highest BCUT2D eigenvalue weighted by atomic mass is 16.6. The molecule has 21 rings (SSSR count). The largest absolute Gasteiger partial charge is 0.309 e. The van der Waals surface area contributed by atoms with Gasteiger partial charge in [-0.1, -0.05) is 243 Å². The number of benzene rings is 16. The zero-order valence-corrected chi connectivity index (χ0v) is 56.1. The molecule has 0 N–H and O–H groups in total. The Balaban J connectivity index is 1.09. The summed E-state index contributed by atoms with van der Waals surface area (Å²) >= 11 is 0. The first-order chi connectivity index (χ1) is 51.6. The van der Waals surface area contributed by atoms with Gasteiger partial charge in [-0.25, -0.2) is 0 Å². The number of nitro groups is 1. The minimum atomic E-state index is -0.0332. The van der Waals surface area contributed by atoms with E-state index >= 15 is 10.1 Å². The van der Waals surface area contributed by atoms with E-state index in [9.17, 15) is 0 Å². The van der Waals surface area contributed by atoms with Crippen LogP contribution >= 0.6 is 0 Å². The Labute approximate surface area is 597 Å². The molecular weight excluding hydrogens is 1270 g/mol. The molecule has 0 bridgehead atoms. The Morgan fingerprint density at radius 2 is 0.356 bits per heavy atom. The molecule has 0 spiro atoms. The Hall–Kier alpha value is -14.1. The molecule has 5 heterocycles. The van der Waals surface area contributed by atoms with Crippen LogP contribution in [-0.4, -0.2) is 27.8 Å². The summed E-state index contributed by atoms with van der Waals surface area (Å²) < 4.78 is 11.8. The normalized spacial score (nSPS) is 11.9. The number of aromatic nitrogens is 5. The van der Waals surface area contributed by atoms with Crippen molar-refractivity contribution in [3.63, 3.8) is 0 Å². The van der Waals surface area contributed by atoms with Crippen molar-refractivity contribution in [3.8, 4) is 84.1 Å². The highest BCUT2D eigenvalue weighted by Gasteiger charge is 2.39. The van der Waals surface area contributed by atoms with Crippen LogP contribution in [-0.2, 0) is 0 Å². The van der Waals surface area contributed by atoms with Gasteiger partial charge >= 0.3 is 0 Å². The van der Waals surface area contributed by atoms with Gasteiger partial charge in [-0.3, -0.25) is 10.1 Å². The molecule has 0 radical (unpaired) electrons. The van der Waals surface area contributed by atoms with Crippen LogP contribution in [0.15, 0.2) is 364 Å². The molecular formula is C96H60N6O2. The SMILES string of the molecule is O=[N+]([O-])c1c(-c2cccc3c2c2ccccc2n3-c2ccccc2)c(-c2cccc3c2c2ccccc2n3-c2ccccc2)c(-c2cccc3c2c2ccccc2n3-c2ccccc2)c(-c2cccc3c2c2ccccc2n3-c2ccccc2)c1-c1cccc2c1c1ccccc1n2-c1ccccc1. The van der Waals surface area contributed by atoms with E-state index in [1.807, 2.05) is 12.1 Å². The number of hydrogen-bond donors (Lipinski definition) is 0. The number of nitro benzene ring substituents is 1. The molecule has 0 fully saturated rings. The molecule has 486 valence electrons.